The minimum atomic E-state index is 0.105. The number of carbonyl (C=O) groups is 1. The van der Waals surface area contributed by atoms with E-state index in [1.165, 1.54) is 6.42 Å². The van der Waals surface area contributed by atoms with Gasteiger partial charge in [0.25, 0.3) is 0 Å². The van der Waals surface area contributed by atoms with Crippen LogP contribution >= 0.6 is 15.9 Å². The number of carbonyl (C=O) groups excluding carboxylic acids is 1. The molecule has 0 aliphatic heterocycles. The van der Waals surface area contributed by atoms with Crippen LogP contribution in [0.15, 0.2) is 22.7 Å². The zero-order valence-electron chi connectivity index (χ0n) is 12.5. The number of benzene rings is 1. The van der Waals surface area contributed by atoms with Crippen LogP contribution in [-0.2, 0) is 0 Å². The standard InChI is InChI=1S/C17H23BrO2/c1-4-20-12-8-9-13(15(18)11-12)16(19)14-7-5-6-10-17(14,2)3/h8-9,11,14H,4-7,10H2,1-3H3. The van der Waals surface area contributed by atoms with Crippen LogP contribution in [0, 0.1) is 11.3 Å². The van der Waals surface area contributed by atoms with Crippen LogP contribution in [0.4, 0.5) is 0 Å². The van der Waals surface area contributed by atoms with Crippen molar-refractivity contribution in [3.8, 4) is 5.75 Å². The Morgan fingerprint density at radius 3 is 2.75 bits per heavy atom. The fourth-order valence-corrected chi connectivity index (χ4v) is 3.67. The maximum absolute atomic E-state index is 12.8. The summed E-state index contributed by atoms with van der Waals surface area (Å²) in [5.41, 5.74) is 0.890. The highest BCUT2D eigenvalue weighted by atomic mass is 79.9. The summed E-state index contributed by atoms with van der Waals surface area (Å²) in [6, 6.07) is 5.67. The first-order chi connectivity index (χ1) is 9.45. The number of ketones is 1. The molecule has 1 unspecified atom stereocenters. The van der Waals surface area contributed by atoms with Gasteiger partial charge in [0, 0.05) is 16.0 Å². The molecule has 1 fully saturated rings. The van der Waals surface area contributed by atoms with Crippen molar-refractivity contribution in [2.45, 2.75) is 46.5 Å². The summed E-state index contributed by atoms with van der Waals surface area (Å²) in [7, 11) is 0. The number of hydrogen-bond donors (Lipinski definition) is 0. The molecule has 1 aliphatic rings. The molecule has 0 spiro atoms. The first-order valence-corrected chi connectivity index (χ1v) is 8.21. The van der Waals surface area contributed by atoms with Gasteiger partial charge in [-0.3, -0.25) is 4.79 Å². The van der Waals surface area contributed by atoms with E-state index < -0.39 is 0 Å². The van der Waals surface area contributed by atoms with E-state index in [0.29, 0.717) is 6.61 Å². The van der Waals surface area contributed by atoms with E-state index in [1.54, 1.807) is 0 Å². The molecule has 0 heterocycles. The predicted octanol–water partition coefficient (Wildman–Crippen LogP) is 5.25. The summed E-state index contributed by atoms with van der Waals surface area (Å²) < 4.78 is 6.31. The number of halogens is 1. The Morgan fingerprint density at radius 1 is 1.40 bits per heavy atom. The summed E-state index contributed by atoms with van der Waals surface area (Å²) in [5, 5.41) is 0. The number of hydrogen-bond acceptors (Lipinski definition) is 2. The lowest BCUT2D eigenvalue weighted by atomic mass is 9.66. The van der Waals surface area contributed by atoms with Crippen LogP contribution in [0.1, 0.15) is 56.8 Å². The molecule has 0 radical (unpaired) electrons. The second-order valence-corrected chi connectivity index (χ2v) is 7.08. The molecule has 1 aliphatic carbocycles. The van der Waals surface area contributed by atoms with Gasteiger partial charge >= 0.3 is 0 Å². The third kappa shape index (κ3) is 3.25. The normalized spacial score (nSPS) is 21.5. The predicted molar refractivity (Wildman–Crippen MR) is 85.4 cm³/mol. The Kier molecular flexibility index (Phi) is 4.90. The van der Waals surface area contributed by atoms with Crippen molar-refractivity contribution < 1.29 is 9.53 Å². The fourth-order valence-electron chi connectivity index (χ4n) is 3.12. The minimum Gasteiger partial charge on any atom is -0.494 e. The molecule has 0 aromatic heterocycles. The lowest BCUT2D eigenvalue weighted by molar-refractivity contribution is 0.0696. The molecule has 0 N–H and O–H groups in total. The molecule has 1 aromatic carbocycles. The first-order valence-electron chi connectivity index (χ1n) is 7.42. The van der Waals surface area contributed by atoms with Crippen molar-refractivity contribution in [3.05, 3.63) is 28.2 Å². The van der Waals surface area contributed by atoms with Gasteiger partial charge in [-0.25, -0.2) is 0 Å². The van der Waals surface area contributed by atoms with Crippen molar-refractivity contribution in [3.63, 3.8) is 0 Å². The molecule has 2 rings (SSSR count). The van der Waals surface area contributed by atoms with Gasteiger partial charge in [-0.2, -0.15) is 0 Å². The van der Waals surface area contributed by atoms with Gasteiger partial charge in [-0.05, 0) is 59.3 Å². The zero-order chi connectivity index (χ0) is 14.8. The van der Waals surface area contributed by atoms with Crippen LogP contribution in [0.2, 0.25) is 0 Å². The quantitative estimate of drug-likeness (QED) is 0.701. The van der Waals surface area contributed by atoms with Gasteiger partial charge < -0.3 is 4.74 Å². The number of Topliss-reactive ketones (excluding diaryl/α,β-unsaturated/α-hetero) is 1. The van der Waals surface area contributed by atoms with Crippen molar-refractivity contribution in [1.29, 1.82) is 0 Å². The van der Waals surface area contributed by atoms with Gasteiger partial charge in [0.15, 0.2) is 5.78 Å². The maximum Gasteiger partial charge on any atom is 0.167 e. The molecule has 3 heteroatoms. The average molecular weight is 339 g/mol. The van der Waals surface area contributed by atoms with Gasteiger partial charge in [-0.15, -0.1) is 0 Å². The third-order valence-electron chi connectivity index (χ3n) is 4.34. The summed E-state index contributed by atoms with van der Waals surface area (Å²) in [4.78, 5) is 12.8. The van der Waals surface area contributed by atoms with Gasteiger partial charge in [0.05, 0.1) is 6.61 Å². The van der Waals surface area contributed by atoms with E-state index in [-0.39, 0.29) is 17.1 Å². The Labute approximate surface area is 130 Å². The molecular formula is C17H23BrO2. The lowest BCUT2D eigenvalue weighted by Gasteiger charge is -2.37. The highest BCUT2D eigenvalue weighted by Gasteiger charge is 2.37. The average Bonchev–Trinajstić information content (AvgIpc) is 2.38. The van der Waals surface area contributed by atoms with E-state index in [9.17, 15) is 4.79 Å². The number of rotatable bonds is 4. The molecule has 0 saturated heterocycles. The molecule has 1 saturated carbocycles. The van der Waals surface area contributed by atoms with Gasteiger partial charge in [0.1, 0.15) is 5.75 Å². The van der Waals surface area contributed by atoms with E-state index in [2.05, 4.69) is 29.8 Å². The summed E-state index contributed by atoms with van der Waals surface area (Å²) >= 11 is 3.52. The maximum atomic E-state index is 12.8. The van der Waals surface area contributed by atoms with Crippen molar-refractivity contribution in [2.24, 2.45) is 11.3 Å². The summed E-state index contributed by atoms with van der Waals surface area (Å²) in [6.45, 7) is 7.03. The minimum absolute atomic E-state index is 0.105. The molecule has 1 aromatic rings. The number of ether oxygens (including phenoxy) is 1. The Morgan fingerprint density at radius 2 is 2.15 bits per heavy atom. The van der Waals surface area contributed by atoms with E-state index in [0.717, 1.165) is 35.0 Å². The Hall–Kier alpha value is -0.830. The molecular weight excluding hydrogens is 316 g/mol. The topological polar surface area (TPSA) is 26.3 Å². The SMILES string of the molecule is CCOc1ccc(C(=O)C2CCCCC2(C)C)c(Br)c1. The lowest BCUT2D eigenvalue weighted by Crippen LogP contribution is -2.34. The van der Waals surface area contributed by atoms with E-state index >= 15 is 0 Å². The van der Waals surface area contributed by atoms with E-state index in [1.807, 2.05) is 25.1 Å². The second-order valence-electron chi connectivity index (χ2n) is 6.23. The molecule has 0 bridgehead atoms. The molecule has 1 atom stereocenters. The van der Waals surface area contributed by atoms with Crippen LogP contribution in [0.3, 0.4) is 0 Å². The van der Waals surface area contributed by atoms with Gasteiger partial charge in [0.2, 0.25) is 0 Å². The second kappa shape index (κ2) is 6.30. The smallest absolute Gasteiger partial charge is 0.167 e. The molecule has 0 amide bonds. The third-order valence-corrected chi connectivity index (χ3v) is 5.00. The highest BCUT2D eigenvalue weighted by molar-refractivity contribution is 9.10. The van der Waals surface area contributed by atoms with Crippen LogP contribution in [0.5, 0.6) is 5.75 Å². The molecule has 2 nitrogen and oxygen atoms in total. The van der Waals surface area contributed by atoms with Crippen LogP contribution in [-0.4, -0.2) is 12.4 Å². The van der Waals surface area contributed by atoms with Crippen molar-refractivity contribution in [2.75, 3.05) is 6.61 Å². The molecule has 110 valence electrons. The fraction of sp³-hybridized carbons (Fsp3) is 0.588. The zero-order valence-corrected chi connectivity index (χ0v) is 14.1. The van der Waals surface area contributed by atoms with Crippen LogP contribution in [0.25, 0.3) is 0 Å². The first kappa shape index (κ1) is 15.6. The summed E-state index contributed by atoms with van der Waals surface area (Å²) in [5.74, 6) is 1.20. The van der Waals surface area contributed by atoms with E-state index in [4.69, 9.17) is 4.74 Å². The Balaban J connectivity index is 2.24. The summed E-state index contributed by atoms with van der Waals surface area (Å²) in [6.07, 6.45) is 4.54. The largest absolute Gasteiger partial charge is 0.494 e. The van der Waals surface area contributed by atoms with Crippen molar-refractivity contribution >= 4 is 21.7 Å². The monoisotopic (exact) mass is 338 g/mol. The Bertz CT molecular complexity index is 494. The van der Waals surface area contributed by atoms with Gasteiger partial charge in [-0.1, -0.05) is 26.7 Å². The highest BCUT2D eigenvalue weighted by Crippen LogP contribution is 2.43. The molecule has 20 heavy (non-hydrogen) atoms. The van der Waals surface area contributed by atoms with Crippen LogP contribution < -0.4 is 4.74 Å². The van der Waals surface area contributed by atoms with Crippen molar-refractivity contribution in [1.82, 2.24) is 0 Å².